The predicted octanol–water partition coefficient (Wildman–Crippen LogP) is 5.44. The molecule has 0 radical (unpaired) electrons. The summed E-state index contributed by atoms with van der Waals surface area (Å²) in [5.74, 6) is -1.00. The summed E-state index contributed by atoms with van der Waals surface area (Å²) >= 11 is 0. The van der Waals surface area contributed by atoms with Crippen LogP contribution in [0.25, 0.3) is 28.1 Å². The van der Waals surface area contributed by atoms with Gasteiger partial charge in [0.05, 0.1) is 17.3 Å². The van der Waals surface area contributed by atoms with Crippen LogP contribution in [-0.2, 0) is 19.8 Å². The minimum atomic E-state index is -4.12. The molecule has 1 atom stereocenters. The van der Waals surface area contributed by atoms with Gasteiger partial charge in [0.25, 0.3) is 0 Å². The number of pyridine rings is 2. The van der Waals surface area contributed by atoms with Crippen LogP contribution in [0.15, 0.2) is 85.5 Å². The lowest BCUT2D eigenvalue weighted by Crippen LogP contribution is -2.49. The van der Waals surface area contributed by atoms with Gasteiger partial charge in [-0.1, -0.05) is 13.0 Å². The number of anilines is 3. The number of piperidine rings is 2. The highest BCUT2D eigenvalue weighted by molar-refractivity contribution is 7.90. The van der Waals surface area contributed by atoms with Crippen LogP contribution >= 0.6 is 0 Å². The maximum absolute atomic E-state index is 16.1. The molecule has 3 aromatic heterocycles. The van der Waals surface area contributed by atoms with Gasteiger partial charge in [-0.05, 0) is 79.3 Å². The molecular weight excluding hydrogens is 791 g/mol. The number of benzene rings is 2. The molecule has 3 fully saturated rings. The third-order valence-corrected chi connectivity index (χ3v) is 13.4. The minimum Gasteiger partial charge on any atom is -0.369 e. The summed E-state index contributed by atoms with van der Waals surface area (Å²) in [5, 5.41) is 7.23. The van der Waals surface area contributed by atoms with Gasteiger partial charge in [0, 0.05) is 119 Å². The quantitative estimate of drug-likeness (QED) is 0.156. The highest BCUT2D eigenvalue weighted by Crippen LogP contribution is 2.37. The van der Waals surface area contributed by atoms with Gasteiger partial charge in [-0.25, -0.2) is 18.4 Å². The van der Waals surface area contributed by atoms with E-state index in [-0.39, 0.29) is 35.4 Å². The van der Waals surface area contributed by atoms with Crippen molar-refractivity contribution in [2.24, 2.45) is 5.92 Å². The van der Waals surface area contributed by atoms with Gasteiger partial charge >= 0.3 is 10.2 Å². The van der Waals surface area contributed by atoms with E-state index in [4.69, 9.17) is 5.10 Å². The maximum Gasteiger partial charge on any atom is 0.301 e. The molecule has 0 unspecified atom stereocenters. The molecule has 6 heterocycles. The molecule has 3 aliphatic rings. The van der Waals surface area contributed by atoms with E-state index in [9.17, 15) is 18.0 Å². The molecule has 0 aliphatic carbocycles. The number of aromatic nitrogens is 4. The third-order valence-electron chi connectivity index (χ3n) is 11.8. The molecule has 14 nitrogen and oxygen atoms in total. The third kappa shape index (κ3) is 8.88. The number of amides is 2. The molecular formula is C43H48F2N10O4S. The van der Waals surface area contributed by atoms with Gasteiger partial charge in [-0.3, -0.25) is 29.5 Å². The summed E-state index contributed by atoms with van der Waals surface area (Å²) in [6.45, 7) is 8.38. The summed E-state index contributed by atoms with van der Waals surface area (Å²) < 4.78 is 61.5. The number of imide groups is 1. The van der Waals surface area contributed by atoms with E-state index in [0.717, 1.165) is 92.2 Å². The van der Waals surface area contributed by atoms with Crippen molar-refractivity contribution in [2.45, 2.75) is 38.5 Å². The van der Waals surface area contributed by atoms with Gasteiger partial charge in [0.2, 0.25) is 11.8 Å². The van der Waals surface area contributed by atoms with Crippen LogP contribution in [0.4, 0.5) is 26.0 Å². The Balaban J connectivity index is 0.889. The molecule has 0 saturated carbocycles. The molecule has 2 amide bonds. The largest absolute Gasteiger partial charge is 0.369 e. The van der Waals surface area contributed by atoms with Crippen LogP contribution in [0.3, 0.4) is 0 Å². The highest BCUT2D eigenvalue weighted by atomic mass is 32.2. The van der Waals surface area contributed by atoms with E-state index in [1.54, 1.807) is 48.5 Å². The second kappa shape index (κ2) is 17.4. The molecule has 2 N–H and O–H groups in total. The molecule has 0 bridgehead atoms. The number of piperazine rings is 1. The Morgan fingerprint density at radius 2 is 1.58 bits per heavy atom. The fourth-order valence-corrected chi connectivity index (χ4v) is 9.11. The number of hydrogen-bond acceptors (Lipinski definition) is 10. The number of nitrogens with zero attached hydrogens (tertiary/aromatic N) is 8. The number of rotatable bonds is 12. The number of nitrogens with one attached hydrogen (secondary N) is 2. The second-order valence-corrected chi connectivity index (χ2v) is 17.4. The maximum atomic E-state index is 16.1. The topological polar surface area (TPSA) is 149 Å². The summed E-state index contributed by atoms with van der Waals surface area (Å²) in [6.07, 6.45) is 9.61. The molecule has 3 aliphatic heterocycles. The smallest absolute Gasteiger partial charge is 0.301 e. The van der Waals surface area contributed by atoms with Crippen molar-refractivity contribution >= 4 is 39.2 Å². The zero-order valence-electron chi connectivity index (χ0n) is 33.6. The van der Waals surface area contributed by atoms with Crippen molar-refractivity contribution in [1.29, 1.82) is 0 Å². The standard InChI is InChI=1S/C43H48F2N10O4S/c1-3-51(2)60(58,59)50-38-25-32(44)24-36(41(38)45)37-28-55(49-42(37)30-12-16-46-17-13-30)34-7-5-33(6-8-34)53-22-20-52(21-23-53)27-29-14-18-54(19-15-29)39-10-4-31(26-47-39)35-9-11-40(56)48-43(35)57/h4-8,10,12-13,16-17,24-26,28-29,35,50H,3,9,11,14-15,18-23,27H2,1-2H3,(H,48,56,57)/t35-/m1/s1. The van der Waals surface area contributed by atoms with Crippen molar-refractivity contribution < 1.29 is 26.8 Å². The van der Waals surface area contributed by atoms with E-state index in [1.165, 1.54) is 7.05 Å². The van der Waals surface area contributed by atoms with Crippen LogP contribution in [-0.4, -0.2) is 109 Å². The Bertz CT molecular complexity index is 2440. The lowest BCUT2D eigenvalue weighted by atomic mass is 9.91. The van der Waals surface area contributed by atoms with Crippen molar-refractivity contribution in [3.8, 4) is 28.1 Å². The first-order chi connectivity index (χ1) is 28.9. The van der Waals surface area contributed by atoms with Gasteiger partial charge < -0.3 is 9.80 Å². The summed E-state index contributed by atoms with van der Waals surface area (Å²) in [6, 6.07) is 17.3. The number of halogens is 2. The summed E-state index contributed by atoms with van der Waals surface area (Å²) in [7, 11) is -2.77. The first-order valence-electron chi connectivity index (χ1n) is 20.3. The highest BCUT2D eigenvalue weighted by Gasteiger charge is 2.30. The van der Waals surface area contributed by atoms with Crippen LogP contribution in [0.2, 0.25) is 0 Å². The fraction of sp³-hybridized carbons (Fsp3) is 0.372. The first-order valence-corrected chi connectivity index (χ1v) is 21.8. The normalized spacial score (nSPS) is 18.2. The molecule has 3 saturated heterocycles. The van der Waals surface area contributed by atoms with E-state index in [1.807, 2.05) is 36.4 Å². The molecule has 60 heavy (non-hydrogen) atoms. The number of carbonyl (C=O) groups excluding carboxylic acids is 2. The van der Waals surface area contributed by atoms with Crippen LogP contribution in [0.1, 0.15) is 44.1 Å². The Morgan fingerprint density at radius 1 is 0.867 bits per heavy atom. The molecule has 0 spiro atoms. The van der Waals surface area contributed by atoms with Crippen LogP contribution < -0.4 is 19.8 Å². The average molecular weight is 839 g/mol. The molecule has 17 heteroatoms. The summed E-state index contributed by atoms with van der Waals surface area (Å²) in [5.41, 5.74) is 3.29. The SMILES string of the molecule is CCN(C)S(=O)(=O)Nc1cc(F)cc(-c2cn(-c3ccc(N4CCN(CC5CCN(c6ccc([C@H]7CCC(=O)NC7=O)cn6)CC5)CC4)cc3)nc2-c2ccncc2)c1F. The van der Waals surface area contributed by atoms with Crippen molar-refractivity contribution in [1.82, 2.24) is 34.3 Å². The average Bonchev–Trinajstić information content (AvgIpc) is 3.71. The molecule has 314 valence electrons. The molecule has 2 aromatic carbocycles. The summed E-state index contributed by atoms with van der Waals surface area (Å²) in [4.78, 5) is 39.8. The molecule has 5 aromatic rings. The fourth-order valence-electron chi connectivity index (χ4n) is 8.19. The Hall–Kier alpha value is -5.78. The van der Waals surface area contributed by atoms with Crippen molar-refractivity contribution in [3.63, 3.8) is 0 Å². The van der Waals surface area contributed by atoms with E-state index < -0.39 is 27.5 Å². The lowest BCUT2D eigenvalue weighted by Gasteiger charge is -2.40. The Morgan fingerprint density at radius 3 is 2.25 bits per heavy atom. The van der Waals surface area contributed by atoms with Gasteiger partial charge in [0.1, 0.15) is 17.3 Å². The van der Waals surface area contributed by atoms with Crippen LogP contribution in [0, 0.1) is 17.6 Å². The monoisotopic (exact) mass is 838 g/mol. The van der Waals surface area contributed by atoms with Gasteiger partial charge in [-0.2, -0.15) is 17.8 Å². The Kier molecular flexibility index (Phi) is 11.9. The van der Waals surface area contributed by atoms with Crippen molar-refractivity contribution in [2.75, 3.05) is 73.9 Å². The first kappa shape index (κ1) is 41.0. The second-order valence-electron chi connectivity index (χ2n) is 15.6. The van der Waals surface area contributed by atoms with Gasteiger partial charge in [0.15, 0.2) is 5.82 Å². The van der Waals surface area contributed by atoms with Crippen molar-refractivity contribution in [3.05, 3.63) is 103 Å². The predicted molar refractivity (Wildman–Crippen MR) is 226 cm³/mol. The number of hydrogen-bond donors (Lipinski definition) is 2. The zero-order chi connectivity index (χ0) is 42.0. The number of carbonyl (C=O) groups is 2. The zero-order valence-corrected chi connectivity index (χ0v) is 34.4. The van der Waals surface area contributed by atoms with E-state index in [0.29, 0.717) is 35.7 Å². The minimum absolute atomic E-state index is 0.139. The lowest BCUT2D eigenvalue weighted by molar-refractivity contribution is -0.134. The van der Waals surface area contributed by atoms with E-state index >= 15 is 8.78 Å². The van der Waals surface area contributed by atoms with E-state index in [2.05, 4.69) is 34.7 Å². The van der Waals surface area contributed by atoms with Gasteiger partial charge in [-0.15, -0.1) is 0 Å². The molecule has 8 rings (SSSR count). The Labute approximate surface area is 348 Å². The van der Waals surface area contributed by atoms with Crippen LogP contribution in [0.5, 0.6) is 0 Å².